The van der Waals surface area contributed by atoms with Crippen molar-refractivity contribution >= 4 is 11.9 Å². The van der Waals surface area contributed by atoms with Crippen LogP contribution in [0, 0.1) is 0 Å². The third-order valence-electron chi connectivity index (χ3n) is 1.94. The van der Waals surface area contributed by atoms with Crippen LogP contribution in [-0.4, -0.2) is 57.7 Å². The van der Waals surface area contributed by atoms with Crippen LogP contribution in [0.25, 0.3) is 0 Å². The molecule has 13 heavy (non-hydrogen) atoms. The van der Waals surface area contributed by atoms with E-state index in [4.69, 9.17) is 21.7 Å². The minimum absolute atomic E-state index is 0.498. The molecule has 4 N–H and O–H groups in total. The number of hydrogen-bond donors (Lipinski definition) is 4. The molecule has 1 heterocycles. The molecule has 6 nitrogen and oxygen atoms in total. The Bertz CT molecular complexity index is 147. The fourth-order valence-electron chi connectivity index (χ4n) is 1.14. The molecule has 1 rings (SSSR count). The van der Waals surface area contributed by atoms with Gasteiger partial charge in [0, 0.05) is 0 Å². The summed E-state index contributed by atoms with van der Waals surface area (Å²) in [5, 5.41) is 36.3. The highest BCUT2D eigenvalue weighted by Crippen LogP contribution is 2.22. The predicted molar refractivity (Wildman–Crippen MR) is 40.7 cm³/mol. The Balaban J connectivity index is 2.66. The van der Waals surface area contributed by atoms with Crippen molar-refractivity contribution in [1.29, 1.82) is 0 Å². The molecule has 0 aromatic rings. The van der Waals surface area contributed by atoms with Crippen LogP contribution in [0.15, 0.2) is 0 Å². The van der Waals surface area contributed by atoms with Gasteiger partial charge in [-0.2, -0.15) is 0 Å². The predicted octanol–water partition coefficient (Wildman–Crippen LogP) is -2.04. The van der Waals surface area contributed by atoms with Gasteiger partial charge < -0.3 is 25.2 Å². The fourth-order valence-corrected chi connectivity index (χ4v) is 1.29. The Labute approximate surface area is 79.4 Å². The van der Waals surface area contributed by atoms with Crippen LogP contribution in [-0.2, 0) is 9.03 Å². The van der Waals surface area contributed by atoms with E-state index in [1.54, 1.807) is 0 Å². The SMILES string of the molecule is OC[C@H]1O[C@H](OCl)[C@H](O)[C@@H](O)[C@H]1O. The third-order valence-corrected chi connectivity index (χ3v) is 2.11. The van der Waals surface area contributed by atoms with Crippen molar-refractivity contribution in [3.63, 3.8) is 0 Å². The zero-order valence-electron chi connectivity index (χ0n) is 6.58. The van der Waals surface area contributed by atoms with E-state index >= 15 is 0 Å². The van der Waals surface area contributed by atoms with Gasteiger partial charge in [-0.25, -0.2) is 4.29 Å². The van der Waals surface area contributed by atoms with E-state index in [1.807, 2.05) is 0 Å². The normalized spacial score (nSPS) is 46.4. The quantitative estimate of drug-likeness (QED) is 0.423. The van der Waals surface area contributed by atoms with E-state index in [-0.39, 0.29) is 0 Å². The second kappa shape index (κ2) is 4.52. The van der Waals surface area contributed by atoms with Gasteiger partial charge in [0.1, 0.15) is 24.4 Å². The van der Waals surface area contributed by atoms with Crippen LogP contribution in [0.2, 0.25) is 0 Å². The van der Waals surface area contributed by atoms with Crippen LogP contribution in [0.5, 0.6) is 0 Å². The lowest BCUT2D eigenvalue weighted by Gasteiger charge is -2.38. The molecule has 1 fully saturated rings. The first-order chi connectivity index (χ1) is 6.11. The number of aliphatic hydroxyl groups is 4. The number of rotatable bonds is 2. The topological polar surface area (TPSA) is 99.4 Å². The second-order valence-corrected chi connectivity index (χ2v) is 2.96. The smallest absolute Gasteiger partial charge is 0.206 e. The molecule has 0 unspecified atom stereocenters. The van der Waals surface area contributed by atoms with E-state index in [0.29, 0.717) is 0 Å². The summed E-state index contributed by atoms with van der Waals surface area (Å²) < 4.78 is 8.99. The molecule has 0 aliphatic carbocycles. The molecular weight excluding hydrogens is 204 g/mol. The average Bonchev–Trinajstić information content (AvgIpc) is 2.15. The molecule has 0 aromatic heterocycles. The van der Waals surface area contributed by atoms with Crippen molar-refractivity contribution < 1.29 is 29.5 Å². The molecule has 0 bridgehead atoms. The Morgan fingerprint density at radius 1 is 1.15 bits per heavy atom. The van der Waals surface area contributed by atoms with Gasteiger partial charge in [-0.1, -0.05) is 0 Å². The lowest BCUT2D eigenvalue weighted by atomic mass is 10.00. The first-order valence-corrected chi connectivity index (χ1v) is 4.00. The average molecular weight is 215 g/mol. The highest BCUT2D eigenvalue weighted by atomic mass is 35.5. The Kier molecular flexibility index (Phi) is 3.87. The van der Waals surface area contributed by atoms with Crippen molar-refractivity contribution in [2.75, 3.05) is 6.61 Å². The fraction of sp³-hybridized carbons (Fsp3) is 1.00. The van der Waals surface area contributed by atoms with Gasteiger partial charge in [0.25, 0.3) is 0 Å². The lowest BCUT2D eigenvalue weighted by Crippen LogP contribution is -2.58. The van der Waals surface area contributed by atoms with E-state index in [1.165, 1.54) is 0 Å². The van der Waals surface area contributed by atoms with Gasteiger partial charge in [-0.3, -0.25) is 0 Å². The Morgan fingerprint density at radius 3 is 2.23 bits per heavy atom. The molecule has 0 radical (unpaired) electrons. The first-order valence-electron chi connectivity index (χ1n) is 3.69. The van der Waals surface area contributed by atoms with Gasteiger partial charge >= 0.3 is 0 Å². The zero-order valence-corrected chi connectivity index (χ0v) is 7.33. The molecule has 5 atom stereocenters. The standard InChI is InChI=1S/C6H11ClO6/c7-13-6-5(11)4(10)3(9)2(1-8)12-6/h2-6,8-11H,1H2/t2-,3+,4+,5-,6-/m1/s1. The number of hydrogen-bond acceptors (Lipinski definition) is 6. The summed E-state index contributed by atoms with van der Waals surface area (Å²) in [4.78, 5) is 0. The second-order valence-electron chi connectivity index (χ2n) is 2.79. The molecule has 0 spiro atoms. The minimum atomic E-state index is -1.45. The molecule has 0 aromatic carbocycles. The lowest BCUT2D eigenvalue weighted by molar-refractivity contribution is -0.276. The first kappa shape index (κ1) is 11.1. The van der Waals surface area contributed by atoms with Crippen molar-refractivity contribution in [1.82, 2.24) is 0 Å². The largest absolute Gasteiger partial charge is 0.394 e. The third kappa shape index (κ3) is 2.10. The van der Waals surface area contributed by atoms with E-state index < -0.39 is 37.3 Å². The van der Waals surface area contributed by atoms with Crippen LogP contribution < -0.4 is 0 Å². The Morgan fingerprint density at radius 2 is 1.77 bits per heavy atom. The van der Waals surface area contributed by atoms with Crippen LogP contribution in [0.3, 0.4) is 0 Å². The molecule has 0 amide bonds. The van der Waals surface area contributed by atoms with E-state index in [2.05, 4.69) is 4.29 Å². The number of aliphatic hydroxyl groups excluding tert-OH is 4. The zero-order chi connectivity index (χ0) is 10.0. The van der Waals surface area contributed by atoms with Crippen molar-refractivity contribution in [2.45, 2.75) is 30.7 Å². The maximum Gasteiger partial charge on any atom is 0.206 e. The van der Waals surface area contributed by atoms with Gasteiger partial charge in [-0.15, -0.1) is 0 Å². The summed E-state index contributed by atoms with van der Waals surface area (Å²) in [6.07, 6.45) is -6.51. The summed E-state index contributed by atoms with van der Waals surface area (Å²) in [6, 6.07) is 0. The van der Waals surface area contributed by atoms with E-state index in [0.717, 1.165) is 0 Å². The monoisotopic (exact) mass is 214 g/mol. The van der Waals surface area contributed by atoms with Gasteiger partial charge in [0.05, 0.1) is 18.5 Å². The molecule has 1 aliphatic rings. The maximum atomic E-state index is 9.23. The van der Waals surface area contributed by atoms with Crippen LogP contribution in [0.4, 0.5) is 0 Å². The number of halogens is 1. The van der Waals surface area contributed by atoms with Crippen molar-refractivity contribution in [3.05, 3.63) is 0 Å². The highest BCUT2D eigenvalue weighted by molar-refractivity contribution is 6.07. The summed E-state index contributed by atoms with van der Waals surface area (Å²) in [5.74, 6) is 0. The summed E-state index contributed by atoms with van der Waals surface area (Å²) >= 11 is 4.95. The molecular formula is C6H11ClO6. The summed E-state index contributed by atoms with van der Waals surface area (Å²) in [5.41, 5.74) is 0. The summed E-state index contributed by atoms with van der Waals surface area (Å²) in [7, 11) is 0. The highest BCUT2D eigenvalue weighted by Gasteiger charge is 2.44. The Hall–Kier alpha value is 0.0500. The summed E-state index contributed by atoms with van der Waals surface area (Å²) in [6.45, 7) is -0.498. The minimum Gasteiger partial charge on any atom is -0.394 e. The molecule has 0 saturated carbocycles. The molecule has 78 valence electrons. The molecule has 1 aliphatic heterocycles. The maximum absolute atomic E-state index is 9.23. The molecule has 1 saturated heterocycles. The van der Waals surface area contributed by atoms with Gasteiger partial charge in [0.15, 0.2) is 0 Å². The van der Waals surface area contributed by atoms with E-state index in [9.17, 15) is 15.3 Å². The van der Waals surface area contributed by atoms with Crippen molar-refractivity contribution in [3.8, 4) is 0 Å². The molecule has 7 heteroatoms. The van der Waals surface area contributed by atoms with Crippen LogP contribution in [0.1, 0.15) is 0 Å². The van der Waals surface area contributed by atoms with Crippen molar-refractivity contribution in [2.24, 2.45) is 0 Å². The number of ether oxygens (including phenoxy) is 1. The van der Waals surface area contributed by atoms with Gasteiger partial charge in [-0.05, 0) is 0 Å². The van der Waals surface area contributed by atoms with Crippen LogP contribution >= 0.6 is 11.9 Å². The van der Waals surface area contributed by atoms with Gasteiger partial charge in [0.2, 0.25) is 6.29 Å².